The van der Waals surface area contributed by atoms with Gasteiger partial charge in [-0.05, 0) is 35.0 Å². The highest BCUT2D eigenvalue weighted by Gasteiger charge is 2.12. The Morgan fingerprint density at radius 3 is 3.00 bits per heavy atom. The van der Waals surface area contributed by atoms with Crippen LogP contribution in [-0.4, -0.2) is 22.5 Å². The number of aromatic nitrogens is 2. The number of hydrogen-bond donors (Lipinski definition) is 0. The molecule has 0 atom stereocenters. The molecule has 0 bridgehead atoms. The zero-order chi connectivity index (χ0) is 12.3. The average Bonchev–Trinajstić information content (AvgIpc) is 2.80. The number of thiazole rings is 1. The highest BCUT2D eigenvalue weighted by atomic mass is 79.9. The summed E-state index contributed by atoms with van der Waals surface area (Å²) in [5, 5.41) is 2.39. The van der Waals surface area contributed by atoms with Gasteiger partial charge in [0.25, 0.3) is 0 Å². The van der Waals surface area contributed by atoms with Crippen LogP contribution in [0, 0.1) is 0 Å². The van der Waals surface area contributed by atoms with E-state index in [0.717, 1.165) is 10.2 Å². The normalized spacial score (nSPS) is 10.2. The quantitative estimate of drug-likeness (QED) is 0.817. The highest BCUT2D eigenvalue weighted by Crippen LogP contribution is 2.23. The zero-order valence-corrected chi connectivity index (χ0v) is 11.4. The summed E-state index contributed by atoms with van der Waals surface area (Å²) < 4.78 is 5.78. The molecule has 2 aromatic rings. The Morgan fingerprint density at radius 1 is 1.53 bits per heavy atom. The molecular formula is C11H9BrN2O2S. The van der Waals surface area contributed by atoms with Gasteiger partial charge in [0, 0.05) is 16.0 Å². The van der Waals surface area contributed by atoms with E-state index < -0.39 is 5.97 Å². The van der Waals surface area contributed by atoms with Crippen molar-refractivity contribution in [1.82, 2.24) is 9.97 Å². The Balaban J connectivity index is 2.23. The third-order valence-electron chi connectivity index (χ3n) is 1.94. The van der Waals surface area contributed by atoms with E-state index in [9.17, 15) is 4.79 Å². The molecule has 0 aromatic carbocycles. The van der Waals surface area contributed by atoms with Crippen LogP contribution >= 0.6 is 27.3 Å². The van der Waals surface area contributed by atoms with Crippen molar-refractivity contribution in [2.75, 3.05) is 6.61 Å². The lowest BCUT2D eigenvalue weighted by Gasteiger charge is -1.97. The van der Waals surface area contributed by atoms with Crippen molar-refractivity contribution >= 4 is 33.2 Å². The maximum Gasteiger partial charge on any atom is 0.357 e. The largest absolute Gasteiger partial charge is 0.461 e. The predicted octanol–water partition coefficient (Wildman–Crippen LogP) is 3.14. The number of ether oxygens (including phenoxy) is 1. The molecule has 17 heavy (non-hydrogen) atoms. The second kappa shape index (κ2) is 5.37. The minimum atomic E-state index is -0.396. The van der Waals surface area contributed by atoms with Gasteiger partial charge in [0.2, 0.25) is 0 Å². The van der Waals surface area contributed by atoms with Crippen molar-refractivity contribution in [1.29, 1.82) is 0 Å². The van der Waals surface area contributed by atoms with E-state index in [0.29, 0.717) is 17.3 Å². The first kappa shape index (κ1) is 12.2. The second-order valence-corrected chi connectivity index (χ2v) is 4.89. The first-order chi connectivity index (χ1) is 8.20. The molecule has 0 aliphatic heterocycles. The standard InChI is InChI=1S/C11H9BrN2O2S/c1-2-16-11(15)9-6-17-10(14-9)8-4-3-7(12)5-13-8/h3-6H,2H2,1H3. The molecule has 2 rings (SSSR count). The fourth-order valence-electron chi connectivity index (χ4n) is 1.19. The summed E-state index contributed by atoms with van der Waals surface area (Å²) >= 11 is 4.69. The van der Waals surface area contributed by atoms with Gasteiger partial charge in [0.1, 0.15) is 5.01 Å². The number of hydrogen-bond acceptors (Lipinski definition) is 5. The van der Waals surface area contributed by atoms with Gasteiger partial charge in [0.15, 0.2) is 5.69 Å². The van der Waals surface area contributed by atoms with Crippen LogP contribution in [-0.2, 0) is 4.74 Å². The van der Waals surface area contributed by atoms with Gasteiger partial charge in [-0.1, -0.05) is 0 Å². The summed E-state index contributed by atoms with van der Waals surface area (Å²) in [5.74, 6) is -0.396. The third kappa shape index (κ3) is 2.89. The Morgan fingerprint density at radius 2 is 2.35 bits per heavy atom. The van der Waals surface area contributed by atoms with Crippen molar-refractivity contribution in [3.05, 3.63) is 33.9 Å². The molecule has 0 aliphatic carbocycles. The molecule has 0 amide bonds. The second-order valence-electron chi connectivity index (χ2n) is 3.12. The summed E-state index contributed by atoms with van der Waals surface area (Å²) in [4.78, 5) is 19.8. The van der Waals surface area contributed by atoms with Crippen LogP contribution in [0.4, 0.5) is 0 Å². The summed E-state index contributed by atoms with van der Waals surface area (Å²) in [6.45, 7) is 2.11. The summed E-state index contributed by atoms with van der Waals surface area (Å²) in [6, 6.07) is 3.73. The number of carbonyl (C=O) groups is 1. The topological polar surface area (TPSA) is 52.1 Å². The fraction of sp³-hybridized carbons (Fsp3) is 0.182. The Bertz CT molecular complexity index is 525. The van der Waals surface area contributed by atoms with E-state index in [1.165, 1.54) is 11.3 Å². The number of esters is 1. The maximum atomic E-state index is 11.4. The van der Waals surface area contributed by atoms with Gasteiger partial charge in [-0.15, -0.1) is 11.3 Å². The molecule has 0 fully saturated rings. The van der Waals surface area contributed by atoms with Crippen LogP contribution in [0.15, 0.2) is 28.2 Å². The monoisotopic (exact) mass is 312 g/mol. The van der Waals surface area contributed by atoms with Gasteiger partial charge < -0.3 is 4.74 Å². The minimum absolute atomic E-state index is 0.330. The van der Waals surface area contributed by atoms with Crippen LogP contribution in [0.3, 0.4) is 0 Å². The molecule has 0 N–H and O–H groups in total. The molecule has 2 heterocycles. The predicted molar refractivity (Wildman–Crippen MR) is 69.0 cm³/mol. The van der Waals surface area contributed by atoms with Crippen molar-refractivity contribution in [3.8, 4) is 10.7 Å². The fourth-order valence-corrected chi connectivity index (χ4v) is 2.19. The number of nitrogens with zero attached hydrogens (tertiary/aromatic N) is 2. The number of carbonyl (C=O) groups excluding carboxylic acids is 1. The van der Waals surface area contributed by atoms with Gasteiger partial charge in [-0.3, -0.25) is 4.98 Å². The number of pyridine rings is 1. The molecule has 88 valence electrons. The number of rotatable bonds is 3. The lowest BCUT2D eigenvalue weighted by atomic mass is 10.4. The molecule has 6 heteroatoms. The molecule has 0 spiro atoms. The van der Waals surface area contributed by atoms with Crippen molar-refractivity contribution in [2.24, 2.45) is 0 Å². The molecule has 2 aromatic heterocycles. The van der Waals surface area contributed by atoms with E-state index >= 15 is 0 Å². The average molecular weight is 313 g/mol. The van der Waals surface area contributed by atoms with Gasteiger partial charge in [-0.25, -0.2) is 9.78 Å². The molecule has 0 saturated carbocycles. The smallest absolute Gasteiger partial charge is 0.357 e. The number of halogens is 1. The van der Waals surface area contributed by atoms with Crippen LogP contribution in [0.2, 0.25) is 0 Å². The van der Waals surface area contributed by atoms with E-state index in [1.807, 2.05) is 12.1 Å². The summed E-state index contributed by atoms with van der Waals surface area (Å²) in [7, 11) is 0. The zero-order valence-electron chi connectivity index (χ0n) is 9.01. The van der Waals surface area contributed by atoms with Crippen LogP contribution < -0.4 is 0 Å². The summed E-state index contributed by atoms with van der Waals surface area (Å²) in [6.07, 6.45) is 1.70. The van der Waals surface area contributed by atoms with Crippen LogP contribution in [0.5, 0.6) is 0 Å². The Hall–Kier alpha value is -1.27. The minimum Gasteiger partial charge on any atom is -0.461 e. The highest BCUT2D eigenvalue weighted by molar-refractivity contribution is 9.10. The van der Waals surface area contributed by atoms with Crippen molar-refractivity contribution in [2.45, 2.75) is 6.92 Å². The van der Waals surface area contributed by atoms with Gasteiger partial charge in [-0.2, -0.15) is 0 Å². The summed E-state index contributed by atoms with van der Waals surface area (Å²) in [5.41, 5.74) is 1.07. The van der Waals surface area contributed by atoms with E-state index in [-0.39, 0.29) is 0 Å². The van der Waals surface area contributed by atoms with Crippen LogP contribution in [0.25, 0.3) is 10.7 Å². The molecule has 0 saturated heterocycles. The van der Waals surface area contributed by atoms with Crippen LogP contribution in [0.1, 0.15) is 17.4 Å². The Kier molecular flexibility index (Phi) is 3.86. The van der Waals surface area contributed by atoms with Crippen molar-refractivity contribution < 1.29 is 9.53 Å². The lowest BCUT2D eigenvalue weighted by Crippen LogP contribution is -2.04. The molecule has 4 nitrogen and oxygen atoms in total. The van der Waals surface area contributed by atoms with Crippen molar-refractivity contribution in [3.63, 3.8) is 0 Å². The Labute approximate surface area is 111 Å². The first-order valence-electron chi connectivity index (χ1n) is 4.95. The first-order valence-corrected chi connectivity index (χ1v) is 6.62. The molecule has 0 aliphatic rings. The SMILES string of the molecule is CCOC(=O)c1csc(-c2ccc(Br)cn2)n1. The maximum absolute atomic E-state index is 11.4. The van der Waals surface area contributed by atoms with E-state index in [1.54, 1.807) is 18.5 Å². The lowest BCUT2D eigenvalue weighted by molar-refractivity contribution is 0.0520. The van der Waals surface area contributed by atoms with E-state index in [4.69, 9.17) is 4.74 Å². The molecular weight excluding hydrogens is 304 g/mol. The van der Waals surface area contributed by atoms with Gasteiger partial charge >= 0.3 is 5.97 Å². The third-order valence-corrected chi connectivity index (χ3v) is 3.27. The van der Waals surface area contributed by atoms with Gasteiger partial charge in [0.05, 0.1) is 12.3 Å². The molecule has 0 unspecified atom stereocenters. The van der Waals surface area contributed by atoms with E-state index in [2.05, 4.69) is 25.9 Å². The molecule has 0 radical (unpaired) electrons.